The maximum Gasteiger partial charge on any atom is 0.0198 e. The van der Waals surface area contributed by atoms with E-state index in [0.717, 1.165) is 31.2 Å². The minimum Gasteiger partial charge on any atom is -0.328 e. The maximum atomic E-state index is 5.70. The third-order valence-electron chi connectivity index (χ3n) is 7.20. The fraction of sp³-hybridized carbons (Fsp3) is 0.500. The van der Waals surface area contributed by atoms with Crippen LogP contribution in [0.3, 0.4) is 0 Å². The second kappa shape index (κ2) is 13.5. The molecule has 1 heterocycles. The number of rotatable bonds is 5. The minimum atomic E-state index is 0.520. The molecular weight excluding hydrogens is 437 g/mol. The van der Waals surface area contributed by atoms with Crippen LogP contribution in [0.25, 0.3) is 11.1 Å². The molecule has 1 aliphatic heterocycles. The molecule has 1 unspecified atom stereocenters. The van der Waals surface area contributed by atoms with Crippen LogP contribution in [0.5, 0.6) is 0 Å². The van der Waals surface area contributed by atoms with Crippen LogP contribution in [-0.2, 0) is 6.42 Å². The van der Waals surface area contributed by atoms with E-state index >= 15 is 0 Å². The van der Waals surface area contributed by atoms with Gasteiger partial charge in [0, 0.05) is 10.9 Å². The van der Waals surface area contributed by atoms with E-state index in [-0.39, 0.29) is 0 Å². The molecule has 2 aromatic rings. The first-order valence-corrected chi connectivity index (χ1v) is 14.3. The lowest BCUT2D eigenvalue weighted by atomic mass is 9.71. The summed E-state index contributed by atoms with van der Waals surface area (Å²) in [4.78, 5) is 1.08. The van der Waals surface area contributed by atoms with Crippen LogP contribution in [0.4, 0.5) is 0 Å². The fourth-order valence-electron chi connectivity index (χ4n) is 4.74. The smallest absolute Gasteiger partial charge is 0.0198 e. The van der Waals surface area contributed by atoms with Gasteiger partial charge in [0.25, 0.3) is 0 Å². The van der Waals surface area contributed by atoms with E-state index in [2.05, 4.69) is 74.3 Å². The van der Waals surface area contributed by atoms with Crippen LogP contribution < -0.4 is 5.73 Å². The molecule has 1 atom stereocenters. The predicted molar refractivity (Wildman–Crippen MR) is 152 cm³/mol. The molecule has 0 spiro atoms. The van der Waals surface area contributed by atoms with Crippen molar-refractivity contribution in [3.8, 4) is 11.1 Å². The zero-order valence-corrected chi connectivity index (χ0v) is 22.5. The van der Waals surface area contributed by atoms with E-state index in [1.165, 1.54) is 73.4 Å². The van der Waals surface area contributed by atoms with E-state index in [1.54, 1.807) is 0 Å². The van der Waals surface area contributed by atoms with Gasteiger partial charge in [0.05, 0.1) is 0 Å². The molecule has 0 bridgehead atoms. The van der Waals surface area contributed by atoms with Gasteiger partial charge < -0.3 is 5.73 Å². The molecule has 2 fully saturated rings. The van der Waals surface area contributed by atoms with Crippen molar-refractivity contribution < 1.29 is 0 Å². The zero-order valence-electron chi connectivity index (χ0n) is 20.7. The molecule has 178 valence electrons. The first-order chi connectivity index (χ1) is 15.9. The van der Waals surface area contributed by atoms with Crippen molar-refractivity contribution in [2.45, 2.75) is 78.2 Å². The van der Waals surface area contributed by atoms with Crippen molar-refractivity contribution in [1.82, 2.24) is 0 Å². The van der Waals surface area contributed by atoms with Gasteiger partial charge in [0.15, 0.2) is 0 Å². The lowest BCUT2D eigenvalue weighted by Gasteiger charge is -2.34. The lowest BCUT2D eigenvalue weighted by molar-refractivity contribution is 0.187. The summed E-state index contributed by atoms with van der Waals surface area (Å²) in [5, 5.41) is 1.39. The fourth-order valence-corrected chi connectivity index (χ4v) is 5.57. The van der Waals surface area contributed by atoms with E-state index in [4.69, 9.17) is 18.0 Å². The van der Waals surface area contributed by atoms with Crippen molar-refractivity contribution in [3.63, 3.8) is 0 Å². The highest BCUT2D eigenvalue weighted by Gasteiger charge is 2.27. The summed E-state index contributed by atoms with van der Waals surface area (Å²) in [6.45, 7) is 6.60. The van der Waals surface area contributed by atoms with Crippen LogP contribution in [0, 0.1) is 17.8 Å². The second-order valence-corrected chi connectivity index (χ2v) is 11.9. The Morgan fingerprint density at radius 1 is 0.939 bits per heavy atom. The number of hydrogen-bond acceptors (Lipinski definition) is 2. The Bertz CT molecular complexity index is 883. The minimum absolute atomic E-state index is 0.520. The molecule has 0 radical (unpaired) electrons. The molecule has 5 rings (SSSR count). The van der Waals surface area contributed by atoms with Crippen LogP contribution >= 0.6 is 20.8 Å². The molecule has 0 aromatic heterocycles. The van der Waals surface area contributed by atoms with Gasteiger partial charge in [-0.2, -0.15) is 0 Å². The zero-order chi connectivity index (χ0) is 23.6. The molecule has 3 aliphatic rings. The normalized spacial score (nSPS) is 26.0. The molecule has 1 nitrogen and oxygen atoms in total. The van der Waals surface area contributed by atoms with Gasteiger partial charge in [0.2, 0.25) is 0 Å². The third kappa shape index (κ3) is 9.44. The molecular formula is C30H42NPS. The monoisotopic (exact) mass is 479 g/mol. The van der Waals surface area contributed by atoms with Crippen molar-refractivity contribution in [3.05, 3.63) is 71.3 Å². The number of benzene rings is 2. The summed E-state index contributed by atoms with van der Waals surface area (Å²) in [6, 6.07) is 20.3. The highest BCUT2D eigenvalue weighted by molar-refractivity contribution is 7.82. The van der Waals surface area contributed by atoms with E-state index in [0.29, 0.717) is 6.04 Å². The summed E-state index contributed by atoms with van der Waals surface area (Å²) in [5.74, 6) is 5.04. The third-order valence-corrected chi connectivity index (χ3v) is 8.55. The molecule has 3 heteroatoms. The Balaban J connectivity index is 0.000000179. The van der Waals surface area contributed by atoms with Crippen molar-refractivity contribution in [1.29, 1.82) is 0 Å². The number of thiocarbonyl (C=S) groups is 1. The van der Waals surface area contributed by atoms with Crippen molar-refractivity contribution in [2.75, 3.05) is 0 Å². The van der Waals surface area contributed by atoms with Gasteiger partial charge in [-0.25, -0.2) is 0 Å². The number of nitrogens with two attached hydrogens (primary N) is 1. The molecule has 0 saturated heterocycles. The van der Waals surface area contributed by atoms with Gasteiger partial charge in [-0.05, 0) is 97.4 Å². The first kappa shape index (κ1) is 26.3. The molecule has 2 aromatic carbocycles. The Labute approximate surface area is 209 Å². The molecule has 2 aliphatic carbocycles. The Kier molecular flexibility index (Phi) is 10.8. The van der Waals surface area contributed by atoms with Crippen molar-refractivity contribution >= 4 is 25.7 Å². The largest absolute Gasteiger partial charge is 0.328 e. The summed E-state index contributed by atoms with van der Waals surface area (Å²) in [6.07, 6.45) is 10.7. The van der Waals surface area contributed by atoms with Crippen molar-refractivity contribution in [2.24, 2.45) is 23.5 Å². The standard InChI is InChI=1S/C19H22.C7H15N.C4H5PS/c1-2-15-11-17(12-15)13-16-7-6-10-19(14-16)18-8-4-3-5-9-18;1-6-2-4-7(8)5-3-6;1-3(6)4-2-5-4/h3-10,14-15,17H,2,11-13H2,1H3;6-7H,2-5,8H2,1H3;2,5H,1H3. The quantitative estimate of drug-likeness (QED) is 0.342. The van der Waals surface area contributed by atoms with Gasteiger partial charge in [-0.1, -0.05) is 95.7 Å². The van der Waals surface area contributed by atoms with Gasteiger partial charge in [-0.3, -0.25) is 0 Å². The average molecular weight is 480 g/mol. The first-order valence-electron chi connectivity index (χ1n) is 12.8. The number of allylic oxidation sites excluding steroid dienone is 1. The Morgan fingerprint density at radius 3 is 2.09 bits per heavy atom. The van der Waals surface area contributed by atoms with Crippen LogP contribution in [0.2, 0.25) is 0 Å². The Hall–Kier alpha value is -1.34. The van der Waals surface area contributed by atoms with Crippen LogP contribution in [0.1, 0.15) is 71.3 Å². The van der Waals surface area contributed by atoms with E-state index < -0.39 is 0 Å². The SMILES string of the molecule is CC(=S)C1=CP1.CC1CCC(N)CC1.CCC1CC(Cc2cccc(-c3ccccc3)c2)C1. The van der Waals surface area contributed by atoms with E-state index in [1.807, 2.05) is 6.92 Å². The Morgan fingerprint density at radius 2 is 1.58 bits per heavy atom. The molecule has 2 saturated carbocycles. The lowest BCUT2D eigenvalue weighted by Crippen LogP contribution is -2.25. The molecule has 0 amide bonds. The average Bonchev–Trinajstić information content (AvgIpc) is 3.66. The number of hydrogen-bond donors (Lipinski definition) is 1. The van der Waals surface area contributed by atoms with Gasteiger partial charge in [-0.15, -0.1) is 0 Å². The van der Waals surface area contributed by atoms with Gasteiger partial charge >= 0.3 is 0 Å². The summed E-state index contributed by atoms with van der Waals surface area (Å²) in [5.41, 5.74) is 9.87. The highest BCUT2D eigenvalue weighted by atomic mass is 32.1. The van der Waals surface area contributed by atoms with Crippen LogP contribution in [0.15, 0.2) is 65.7 Å². The second-order valence-electron chi connectivity index (χ2n) is 10.2. The van der Waals surface area contributed by atoms with E-state index in [9.17, 15) is 0 Å². The summed E-state index contributed by atoms with van der Waals surface area (Å²) < 4.78 is 0. The summed E-state index contributed by atoms with van der Waals surface area (Å²) >= 11 is 4.82. The van der Waals surface area contributed by atoms with Gasteiger partial charge in [0.1, 0.15) is 0 Å². The molecule has 2 N–H and O–H groups in total. The highest BCUT2D eigenvalue weighted by Crippen LogP contribution is 2.42. The predicted octanol–water partition coefficient (Wildman–Crippen LogP) is 8.77. The molecule has 33 heavy (non-hydrogen) atoms. The van der Waals surface area contributed by atoms with Crippen LogP contribution in [-0.4, -0.2) is 10.9 Å². The topological polar surface area (TPSA) is 26.0 Å². The summed E-state index contributed by atoms with van der Waals surface area (Å²) in [7, 11) is 0.955. The maximum absolute atomic E-state index is 5.70.